The normalized spacial score (nSPS) is 21.1. The highest BCUT2D eigenvalue weighted by molar-refractivity contribution is 7.90. The molecule has 238 valence electrons. The van der Waals surface area contributed by atoms with Gasteiger partial charge in [-0.3, -0.25) is 19.3 Å². The van der Waals surface area contributed by atoms with Crippen molar-refractivity contribution in [1.29, 1.82) is 0 Å². The van der Waals surface area contributed by atoms with Crippen LogP contribution in [0.1, 0.15) is 48.0 Å². The van der Waals surface area contributed by atoms with E-state index in [1.165, 1.54) is 29.2 Å². The van der Waals surface area contributed by atoms with Crippen LogP contribution >= 0.6 is 11.6 Å². The second-order valence-electron chi connectivity index (χ2n) is 12.3. The number of nitrogens with zero attached hydrogens (tertiary/aromatic N) is 3. The molecule has 2 saturated carbocycles. The Morgan fingerprint density at radius 3 is 2.25 bits per heavy atom. The molecule has 3 amide bonds. The first-order valence-corrected chi connectivity index (χ1v) is 17.0. The Balaban J connectivity index is 1.12. The third-order valence-corrected chi connectivity index (χ3v) is 10.6. The summed E-state index contributed by atoms with van der Waals surface area (Å²) in [5.41, 5.74) is 1.51. The van der Waals surface area contributed by atoms with E-state index in [-0.39, 0.29) is 53.3 Å². The number of piperazine rings is 1. The van der Waals surface area contributed by atoms with E-state index >= 15 is 0 Å². The van der Waals surface area contributed by atoms with Crippen molar-refractivity contribution in [1.82, 2.24) is 15.1 Å². The summed E-state index contributed by atoms with van der Waals surface area (Å²) < 4.78 is 50.6. The van der Waals surface area contributed by atoms with Crippen LogP contribution in [0.3, 0.4) is 0 Å². The van der Waals surface area contributed by atoms with Gasteiger partial charge in [-0.15, -0.1) is 0 Å². The van der Waals surface area contributed by atoms with Crippen LogP contribution in [0.4, 0.5) is 14.5 Å². The van der Waals surface area contributed by atoms with Crippen molar-refractivity contribution < 1.29 is 31.6 Å². The molecule has 3 fully saturated rings. The van der Waals surface area contributed by atoms with E-state index in [9.17, 15) is 31.6 Å². The van der Waals surface area contributed by atoms with Crippen LogP contribution in [0.2, 0.25) is 5.02 Å². The van der Waals surface area contributed by atoms with E-state index in [1.54, 1.807) is 30.1 Å². The van der Waals surface area contributed by atoms with Gasteiger partial charge in [-0.25, -0.2) is 17.2 Å². The van der Waals surface area contributed by atoms with Crippen LogP contribution < -0.4 is 10.2 Å². The Bertz CT molecular complexity index is 1530. The van der Waals surface area contributed by atoms with Crippen molar-refractivity contribution in [2.75, 3.05) is 50.9 Å². The van der Waals surface area contributed by atoms with Gasteiger partial charge in [-0.05, 0) is 72.7 Å². The number of alkyl halides is 2. The minimum Gasteiger partial charge on any atom is -0.347 e. The summed E-state index contributed by atoms with van der Waals surface area (Å²) >= 11 is 6.31. The highest BCUT2D eigenvalue weighted by Gasteiger charge is 2.60. The lowest BCUT2D eigenvalue weighted by atomic mass is 9.82. The molecule has 1 atom stereocenters. The maximum absolute atomic E-state index is 13.5. The lowest BCUT2D eigenvalue weighted by Gasteiger charge is -2.35. The van der Waals surface area contributed by atoms with Gasteiger partial charge in [0.05, 0.1) is 11.4 Å². The Kier molecular flexibility index (Phi) is 9.08. The quantitative estimate of drug-likeness (QED) is 0.463. The number of nitrogens with one attached hydrogen (secondary N) is 1. The summed E-state index contributed by atoms with van der Waals surface area (Å²) in [6.07, 6.45) is 2.08. The van der Waals surface area contributed by atoms with Crippen molar-refractivity contribution in [2.45, 2.75) is 49.5 Å². The maximum Gasteiger partial charge on any atom is 0.258 e. The molecule has 0 radical (unpaired) electrons. The number of halogens is 3. The van der Waals surface area contributed by atoms with Crippen LogP contribution in [0, 0.1) is 11.3 Å². The van der Waals surface area contributed by atoms with Crippen LogP contribution in [-0.2, 0) is 26.0 Å². The van der Waals surface area contributed by atoms with Gasteiger partial charge in [-0.1, -0.05) is 11.6 Å². The number of carbonyl (C=O) groups is 3. The summed E-state index contributed by atoms with van der Waals surface area (Å²) in [6, 6.07) is 11.1. The number of hydrogen-bond donors (Lipinski definition) is 1. The van der Waals surface area contributed by atoms with E-state index in [4.69, 9.17) is 11.6 Å². The van der Waals surface area contributed by atoms with E-state index in [0.29, 0.717) is 68.3 Å². The summed E-state index contributed by atoms with van der Waals surface area (Å²) in [5.74, 6) is -3.62. The number of rotatable bonds is 8. The highest BCUT2D eigenvalue weighted by atomic mass is 35.5. The average molecular weight is 651 g/mol. The fourth-order valence-corrected chi connectivity index (χ4v) is 7.16. The predicted octanol–water partition coefficient (Wildman–Crippen LogP) is 4.00. The summed E-state index contributed by atoms with van der Waals surface area (Å²) in [6.45, 7) is 2.47. The van der Waals surface area contributed by atoms with Crippen molar-refractivity contribution in [3.05, 3.63) is 58.6 Å². The standard InChI is InChI=1S/C31H37ClF2N4O5S/c1-36(29(41)21-3-6-24(7-4-21)44(2,42)43)26-8-5-23(32)17-22(26)20-37-13-15-38(16-14-37)27(39)19-35-28(40)25-18-30(25)9-11-31(33,34)12-10-30/h3-8,17,25H,9-16,18-20H2,1-2H3,(H,35,40). The second kappa shape index (κ2) is 12.4. The molecular weight excluding hydrogens is 614 g/mol. The Labute approximate surface area is 261 Å². The molecular formula is C31H37ClF2N4O5S. The smallest absolute Gasteiger partial charge is 0.258 e. The molecule has 2 aromatic carbocycles. The zero-order chi connectivity index (χ0) is 31.9. The van der Waals surface area contributed by atoms with Gasteiger partial charge in [0.1, 0.15) is 0 Å². The van der Waals surface area contributed by atoms with E-state index in [2.05, 4.69) is 10.2 Å². The zero-order valence-corrected chi connectivity index (χ0v) is 26.4. The third kappa shape index (κ3) is 7.24. The molecule has 13 heteroatoms. The molecule has 2 aliphatic carbocycles. The number of amides is 3. The fourth-order valence-electron chi connectivity index (χ4n) is 6.33. The SMILES string of the molecule is CN(C(=O)c1ccc(S(C)(=O)=O)cc1)c1ccc(Cl)cc1CN1CCN(C(=O)CNC(=O)C2CC23CCC(F)(F)CC3)CC1. The Morgan fingerprint density at radius 1 is 1.00 bits per heavy atom. The average Bonchev–Trinajstić information content (AvgIpc) is 3.71. The number of hydrogen-bond acceptors (Lipinski definition) is 6. The zero-order valence-electron chi connectivity index (χ0n) is 24.8. The van der Waals surface area contributed by atoms with Gasteiger partial charge >= 0.3 is 0 Å². The molecule has 5 rings (SSSR count). The minimum atomic E-state index is -3.38. The van der Waals surface area contributed by atoms with Crippen molar-refractivity contribution in [2.24, 2.45) is 11.3 Å². The summed E-state index contributed by atoms with van der Waals surface area (Å²) in [5, 5.41) is 3.25. The molecule has 1 saturated heterocycles. The first-order valence-electron chi connectivity index (χ1n) is 14.7. The van der Waals surface area contributed by atoms with Gasteiger partial charge in [0.25, 0.3) is 5.91 Å². The first kappa shape index (κ1) is 32.3. The van der Waals surface area contributed by atoms with Gasteiger partial charge < -0.3 is 15.1 Å². The lowest BCUT2D eigenvalue weighted by Crippen LogP contribution is -2.51. The Morgan fingerprint density at radius 2 is 1.64 bits per heavy atom. The fraction of sp³-hybridized carbons (Fsp3) is 0.516. The van der Waals surface area contributed by atoms with Crippen LogP contribution in [0.5, 0.6) is 0 Å². The lowest BCUT2D eigenvalue weighted by molar-refractivity contribution is -0.135. The topological polar surface area (TPSA) is 107 Å². The van der Waals surface area contributed by atoms with Gasteiger partial charge in [0, 0.05) is 81.1 Å². The van der Waals surface area contributed by atoms with E-state index < -0.39 is 15.8 Å². The maximum atomic E-state index is 13.5. The third-order valence-electron chi connectivity index (χ3n) is 9.25. The number of sulfone groups is 1. The number of benzene rings is 2. The van der Waals surface area contributed by atoms with Crippen molar-refractivity contribution in [3.8, 4) is 0 Å². The largest absolute Gasteiger partial charge is 0.347 e. The highest BCUT2D eigenvalue weighted by Crippen LogP contribution is 2.63. The molecule has 1 heterocycles. The molecule has 0 bridgehead atoms. The number of anilines is 1. The van der Waals surface area contributed by atoms with Gasteiger partial charge in [0.2, 0.25) is 17.7 Å². The second-order valence-corrected chi connectivity index (χ2v) is 14.7. The molecule has 1 aliphatic heterocycles. The monoisotopic (exact) mass is 650 g/mol. The molecule has 9 nitrogen and oxygen atoms in total. The van der Waals surface area contributed by atoms with Gasteiger partial charge in [0.15, 0.2) is 9.84 Å². The molecule has 3 aliphatic rings. The van der Waals surface area contributed by atoms with Crippen molar-refractivity contribution in [3.63, 3.8) is 0 Å². The van der Waals surface area contributed by atoms with Crippen molar-refractivity contribution >= 4 is 44.8 Å². The van der Waals surface area contributed by atoms with Crippen LogP contribution in [0.15, 0.2) is 47.4 Å². The molecule has 0 aromatic heterocycles. The molecule has 2 aromatic rings. The summed E-state index contributed by atoms with van der Waals surface area (Å²) in [7, 11) is -1.73. The van der Waals surface area contributed by atoms with Gasteiger partial charge in [-0.2, -0.15) is 0 Å². The molecule has 1 spiro atoms. The van der Waals surface area contributed by atoms with Crippen LogP contribution in [0.25, 0.3) is 0 Å². The van der Waals surface area contributed by atoms with E-state index in [0.717, 1.165) is 11.8 Å². The minimum absolute atomic E-state index is 0.113. The molecule has 1 unspecified atom stereocenters. The van der Waals surface area contributed by atoms with Crippen LogP contribution in [-0.4, -0.2) is 87.9 Å². The predicted molar refractivity (Wildman–Crippen MR) is 163 cm³/mol. The number of carbonyl (C=O) groups excluding carboxylic acids is 3. The molecule has 44 heavy (non-hydrogen) atoms. The summed E-state index contributed by atoms with van der Waals surface area (Å²) in [4.78, 5) is 44.2. The molecule has 1 N–H and O–H groups in total. The van der Waals surface area contributed by atoms with E-state index in [1.807, 2.05) is 0 Å². The Hall–Kier alpha value is -3.09. The first-order chi connectivity index (χ1) is 20.7.